The number of anilines is 3. The van der Waals surface area contributed by atoms with Gasteiger partial charge in [0.05, 0.1) is 46.1 Å². The normalized spacial score (nSPS) is 13.8. The molecule has 208 valence electrons. The molecule has 0 radical (unpaired) electrons. The van der Waals surface area contributed by atoms with Crippen molar-refractivity contribution in [3.63, 3.8) is 0 Å². The maximum Gasteiger partial charge on any atom is 0.151 e. The van der Waals surface area contributed by atoms with Gasteiger partial charge in [-0.2, -0.15) is 14.0 Å². The number of hydrogen-bond donors (Lipinski definition) is 2. The molecule has 0 saturated carbocycles. The molecule has 0 amide bonds. The lowest BCUT2D eigenvalue weighted by atomic mass is 9.94. The number of para-hydroxylation sites is 4. The average Bonchev–Trinajstić information content (AvgIpc) is 3.58. The monoisotopic (exact) mass is 606 g/mol. The molecule has 1 aliphatic carbocycles. The molecule has 6 aromatic rings. The number of aromatic nitrogens is 4. The van der Waals surface area contributed by atoms with E-state index < -0.39 is 0 Å². The lowest BCUT2D eigenvalue weighted by Gasteiger charge is -2.32. The first-order chi connectivity index (χ1) is 21.6. The number of benzene rings is 4. The lowest BCUT2D eigenvalue weighted by Crippen LogP contribution is -2.25. The molecular formula is C33H18N8OS2. The SMILES string of the molecule is N#Cc1ccc(-c2nc3c(nc2-c2ccc(N4c5ccccc5Oc5ccccc54)cc2)-c2nsnc2C(=N)C3=NS)cc1. The van der Waals surface area contributed by atoms with E-state index in [1.54, 1.807) is 12.1 Å². The van der Waals surface area contributed by atoms with Crippen molar-refractivity contribution < 1.29 is 4.74 Å². The highest BCUT2D eigenvalue weighted by molar-refractivity contribution is 7.79. The minimum atomic E-state index is 0.0968. The highest BCUT2D eigenvalue weighted by Gasteiger charge is 2.34. The van der Waals surface area contributed by atoms with Crippen LogP contribution in [0.3, 0.4) is 0 Å². The summed E-state index contributed by atoms with van der Waals surface area (Å²) in [6, 6.07) is 33.4. The van der Waals surface area contributed by atoms with Crippen LogP contribution in [0.25, 0.3) is 33.9 Å². The fraction of sp³-hybridized carbons (Fsp3) is 0. The van der Waals surface area contributed by atoms with E-state index in [-0.39, 0.29) is 11.4 Å². The third kappa shape index (κ3) is 4.00. The summed E-state index contributed by atoms with van der Waals surface area (Å²) in [5.74, 6) is 1.55. The second-order valence-electron chi connectivity index (χ2n) is 10.0. The van der Waals surface area contributed by atoms with Crippen LogP contribution < -0.4 is 9.64 Å². The number of thiol groups is 1. The van der Waals surface area contributed by atoms with Gasteiger partial charge >= 0.3 is 0 Å². The van der Waals surface area contributed by atoms with Crippen LogP contribution >= 0.6 is 24.5 Å². The number of nitrogens with zero attached hydrogens (tertiary/aromatic N) is 7. The largest absolute Gasteiger partial charge is 0.453 e. The molecule has 0 bridgehead atoms. The number of nitriles is 1. The van der Waals surface area contributed by atoms with Gasteiger partial charge in [0.15, 0.2) is 11.5 Å². The molecular weight excluding hydrogens is 589 g/mol. The number of hydrogen-bond acceptors (Lipinski definition) is 11. The first-order valence-corrected chi connectivity index (χ1v) is 14.6. The van der Waals surface area contributed by atoms with Crippen LogP contribution in [0.2, 0.25) is 0 Å². The summed E-state index contributed by atoms with van der Waals surface area (Å²) in [5, 5.41) is 18.0. The van der Waals surface area contributed by atoms with E-state index in [9.17, 15) is 5.26 Å². The van der Waals surface area contributed by atoms with Gasteiger partial charge in [-0.1, -0.05) is 48.5 Å². The minimum absolute atomic E-state index is 0.0968. The molecule has 0 atom stereocenters. The Morgan fingerprint density at radius 3 is 1.89 bits per heavy atom. The van der Waals surface area contributed by atoms with E-state index >= 15 is 0 Å². The molecule has 1 aliphatic heterocycles. The molecule has 9 nitrogen and oxygen atoms in total. The van der Waals surface area contributed by atoms with E-state index in [1.807, 2.05) is 84.9 Å². The molecule has 1 N–H and O–H groups in total. The van der Waals surface area contributed by atoms with Gasteiger partial charge < -0.3 is 9.64 Å². The topological polar surface area (TPSA) is 124 Å². The van der Waals surface area contributed by atoms with Crippen LogP contribution in [-0.4, -0.2) is 30.1 Å². The summed E-state index contributed by atoms with van der Waals surface area (Å²) in [6.45, 7) is 0. The van der Waals surface area contributed by atoms with Gasteiger partial charge in [0.25, 0.3) is 0 Å². The Kier molecular flexibility index (Phi) is 6.04. The Balaban J connectivity index is 1.31. The smallest absolute Gasteiger partial charge is 0.151 e. The molecule has 11 heteroatoms. The fourth-order valence-corrected chi connectivity index (χ4v) is 6.21. The maximum atomic E-state index is 9.36. The van der Waals surface area contributed by atoms with E-state index in [2.05, 4.69) is 36.9 Å². The van der Waals surface area contributed by atoms with Crippen molar-refractivity contribution in [1.82, 2.24) is 18.7 Å². The van der Waals surface area contributed by atoms with Crippen molar-refractivity contribution in [1.29, 1.82) is 10.7 Å². The molecule has 0 fully saturated rings. The third-order valence-corrected chi connectivity index (χ3v) is 8.25. The van der Waals surface area contributed by atoms with E-state index in [0.29, 0.717) is 39.7 Å². The Labute approximate surface area is 261 Å². The molecule has 0 spiro atoms. The molecule has 3 heterocycles. The zero-order chi connectivity index (χ0) is 29.8. The van der Waals surface area contributed by atoms with Gasteiger partial charge in [0.1, 0.15) is 34.2 Å². The number of rotatable bonds is 3. The second kappa shape index (κ2) is 10.2. The maximum absolute atomic E-state index is 9.36. The van der Waals surface area contributed by atoms with Crippen LogP contribution in [0, 0.1) is 16.7 Å². The fourth-order valence-electron chi connectivity index (χ4n) is 5.46. The molecule has 8 rings (SSSR count). The Hall–Kier alpha value is -5.70. The van der Waals surface area contributed by atoms with Crippen LogP contribution in [-0.2, 0) is 0 Å². The van der Waals surface area contributed by atoms with Crippen LogP contribution in [0.5, 0.6) is 11.5 Å². The summed E-state index contributed by atoms with van der Waals surface area (Å²) in [7, 11) is 0. The van der Waals surface area contributed by atoms with E-state index in [0.717, 1.165) is 51.4 Å². The van der Waals surface area contributed by atoms with Gasteiger partial charge in [0.2, 0.25) is 0 Å². The number of fused-ring (bicyclic) bond motifs is 5. The third-order valence-electron chi connectivity index (χ3n) is 7.53. The van der Waals surface area contributed by atoms with Gasteiger partial charge in [0, 0.05) is 16.8 Å². The molecule has 2 aliphatic rings. The van der Waals surface area contributed by atoms with Gasteiger partial charge in [-0.05, 0) is 61.3 Å². The Morgan fingerprint density at radius 1 is 0.705 bits per heavy atom. The summed E-state index contributed by atoms with van der Waals surface area (Å²) in [5.41, 5.74) is 8.33. The first-order valence-electron chi connectivity index (χ1n) is 13.5. The molecule has 44 heavy (non-hydrogen) atoms. The quantitative estimate of drug-likeness (QED) is 0.197. The molecule has 2 aromatic heterocycles. The van der Waals surface area contributed by atoms with Crippen molar-refractivity contribution >= 4 is 53.0 Å². The van der Waals surface area contributed by atoms with E-state index in [4.69, 9.17) is 20.1 Å². The van der Waals surface area contributed by atoms with E-state index in [1.165, 1.54) is 0 Å². The number of ether oxygens (including phenoxy) is 1. The van der Waals surface area contributed by atoms with Crippen LogP contribution in [0.15, 0.2) is 101 Å². The molecule has 0 saturated heterocycles. The van der Waals surface area contributed by atoms with Crippen molar-refractivity contribution in [2.24, 2.45) is 4.40 Å². The van der Waals surface area contributed by atoms with Crippen molar-refractivity contribution in [3.8, 4) is 51.5 Å². The lowest BCUT2D eigenvalue weighted by molar-refractivity contribution is 0.477. The van der Waals surface area contributed by atoms with Crippen LogP contribution in [0.1, 0.15) is 17.0 Å². The summed E-state index contributed by atoms with van der Waals surface area (Å²) < 4.78 is 19.0. The predicted molar refractivity (Wildman–Crippen MR) is 174 cm³/mol. The van der Waals surface area contributed by atoms with Crippen LogP contribution in [0.4, 0.5) is 17.1 Å². The second-order valence-corrected chi connectivity index (χ2v) is 10.7. The Bertz CT molecular complexity index is 2160. The standard InChI is InChI=1S/C33H18N8OS2/c34-17-18-9-11-19(12-10-18)27-28(37-32-31(36-27)29(38-43)26(35)30-33(32)40-44-39-30)20-13-15-21(16-14-20)41-22-5-1-3-7-24(22)42-25-8-4-2-6-23(25)41/h1-16,35,43H. The molecule has 4 aromatic carbocycles. The average molecular weight is 607 g/mol. The first kappa shape index (κ1) is 26.0. The summed E-state index contributed by atoms with van der Waals surface area (Å²) >= 11 is 5.16. The highest BCUT2D eigenvalue weighted by Crippen LogP contribution is 2.50. The van der Waals surface area contributed by atoms with Crippen molar-refractivity contribution in [2.75, 3.05) is 4.90 Å². The summed E-state index contributed by atoms with van der Waals surface area (Å²) in [4.78, 5) is 12.3. The van der Waals surface area contributed by atoms with Crippen molar-refractivity contribution in [3.05, 3.63) is 114 Å². The van der Waals surface area contributed by atoms with Crippen molar-refractivity contribution in [2.45, 2.75) is 0 Å². The summed E-state index contributed by atoms with van der Waals surface area (Å²) in [6.07, 6.45) is 0. The highest BCUT2D eigenvalue weighted by atomic mass is 32.1. The zero-order valence-corrected chi connectivity index (χ0v) is 24.3. The predicted octanol–water partition coefficient (Wildman–Crippen LogP) is 7.79. The minimum Gasteiger partial charge on any atom is -0.453 e. The van der Waals surface area contributed by atoms with Gasteiger partial charge in [-0.3, -0.25) is 5.41 Å². The Morgan fingerprint density at radius 2 is 1.27 bits per heavy atom. The van der Waals surface area contributed by atoms with Gasteiger partial charge in [-0.15, -0.1) is 0 Å². The van der Waals surface area contributed by atoms with Gasteiger partial charge in [-0.25, -0.2) is 14.4 Å². The number of nitrogens with one attached hydrogen (secondary N) is 1. The molecule has 0 unspecified atom stereocenters. The zero-order valence-electron chi connectivity index (χ0n) is 22.6.